The molecule has 0 radical (unpaired) electrons. The van der Waals surface area contributed by atoms with Gasteiger partial charge in [0.2, 0.25) is 0 Å². The van der Waals surface area contributed by atoms with Crippen LogP contribution < -0.4 is 0 Å². The molecule has 0 fully saturated rings. The van der Waals surface area contributed by atoms with Gasteiger partial charge in [-0.2, -0.15) is 0 Å². The summed E-state index contributed by atoms with van der Waals surface area (Å²) in [5.41, 5.74) is 0. The molecule has 0 aromatic rings. The first-order valence-electron chi connectivity index (χ1n) is 2.23. The second-order valence-corrected chi connectivity index (χ2v) is 6.92. The van der Waals surface area contributed by atoms with Gasteiger partial charge in [-0.1, -0.05) is 0 Å². The van der Waals surface area contributed by atoms with Gasteiger partial charge in [0.25, 0.3) is 0 Å². The Morgan fingerprint density at radius 2 is 2.00 bits per heavy atom. The van der Waals surface area contributed by atoms with E-state index in [9.17, 15) is 0 Å². The quantitative estimate of drug-likeness (QED) is 0.570. The Labute approximate surface area is 79.3 Å². The average Bonchev–Trinajstić information content (AvgIpc) is 1.63. The summed E-state index contributed by atoms with van der Waals surface area (Å²) in [7, 11) is 0. The zero-order valence-corrected chi connectivity index (χ0v) is 10.4. The van der Waals surface area contributed by atoms with E-state index >= 15 is 0 Å². The maximum atomic E-state index is 8.48. The number of halogens is 2. The van der Waals surface area contributed by atoms with E-state index in [1.807, 2.05) is 6.92 Å². The van der Waals surface area contributed by atoms with Crippen molar-refractivity contribution in [2.75, 3.05) is 0 Å². The van der Waals surface area contributed by atoms with Gasteiger partial charge in [-0.3, -0.25) is 0 Å². The molecule has 0 saturated carbocycles. The minimum atomic E-state index is -3.28. The Hall–Kier alpha value is 1.66. The van der Waals surface area contributed by atoms with Crippen LogP contribution in [-0.4, -0.2) is 31.7 Å². The van der Waals surface area contributed by atoms with Gasteiger partial charge in [-0.05, 0) is 0 Å². The standard InChI is InChI=1S/C3H5Br2O.2H2O.Sb/c1-2-3(4,5)6;;;/h2H2,1H3;2*1H2;/q-1;;;+3/p-2. The van der Waals surface area contributed by atoms with Crippen LogP contribution in [0.5, 0.6) is 0 Å². The van der Waals surface area contributed by atoms with Crippen LogP contribution in [0, 0.1) is 0 Å². The van der Waals surface area contributed by atoms with Crippen LogP contribution in [0.2, 0.25) is 0 Å². The third kappa shape index (κ3) is 6.07. The molecule has 0 aliphatic rings. The number of rotatable bonds is 3. The fraction of sp³-hybridized carbons (Fsp3) is 1.00. The average molecular weight is 373 g/mol. The molecule has 0 amide bonds. The van der Waals surface area contributed by atoms with Crippen molar-refractivity contribution in [3.63, 3.8) is 0 Å². The summed E-state index contributed by atoms with van der Waals surface area (Å²) in [5, 5.41) is 0. The number of hydrogen-bond acceptors (Lipinski definition) is 3. The first-order valence-corrected chi connectivity index (χ1v) is 7.14. The molecule has 6 heteroatoms. The SMILES string of the molecule is CCC(Br)(Br)[O][Sb]([OH])[OH]. The summed E-state index contributed by atoms with van der Waals surface area (Å²) in [4.78, 5) is 0. The first-order chi connectivity index (χ1) is 3.98. The number of alkyl halides is 2. The molecule has 2 N–H and O–H groups in total. The van der Waals surface area contributed by atoms with Crippen molar-refractivity contribution in [3.05, 3.63) is 0 Å². The summed E-state index contributed by atoms with van der Waals surface area (Å²) in [6, 6.07) is 0. The molecule has 3 nitrogen and oxygen atoms in total. The fourth-order valence-corrected chi connectivity index (χ4v) is 2.97. The predicted octanol–water partition coefficient (Wildman–Crippen LogP) is 0.826. The second-order valence-electron chi connectivity index (χ2n) is 1.33. The summed E-state index contributed by atoms with van der Waals surface area (Å²) in [6.45, 7) is 1.85. The van der Waals surface area contributed by atoms with Gasteiger partial charge in [-0.25, -0.2) is 0 Å². The van der Waals surface area contributed by atoms with Crippen LogP contribution in [-0.2, 0) is 3.02 Å². The van der Waals surface area contributed by atoms with Crippen LogP contribution in [0.15, 0.2) is 0 Å². The van der Waals surface area contributed by atoms with Gasteiger partial charge in [0.05, 0.1) is 0 Å². The zero-order valence-electron chi connectivity index (χ0n) is 4.71. The zero-order chi connectivity index (χ0) is 7.49. The molecule has 0 unspecified atom stereocenters. The predicted molar refractivity (Wildman–Crippen MR) is 42.2 cm³/mol. The molecule has 0 rings (SSSR count). The topological polar surface area (TPSA) is 49.7 Å². The van der Waals surface area contributed by atoms with Crippen LogP contribution in [0.3, 0.4) is 0 Å². The summed E-state index contributed by atoms with van der Waals surface area (Å²) in [6.07, 6.45) is 0.634. The third-order valence-corrected chi connectivity index (χ3v) is 4.92. The Morgan fingerprint density at radius 1 is 1.56 bits per heavy atom. The van der Waals surface area contributed by atoms with Crippen molar-refractivity contribution >= 4 is 53.3 Å². The molecule has 56 valence electrons. The molecule has 0 aliphatic carbocycles. The van der Waals surface area contributed by atoms with Crippen LogP contribution in [0.25, 0.3) is 0 Å². The molecule has 0 aromatic carbocycles. The van der Waals surface area contributed by atoms with Gasteiger partial charge in [0.1, 0.15) is 0 Å². The van der Waals surface area contributed by atoms with E-state index in [4.69, 9.17) is 9.79 Å². The van der Waals surface area contributed by atoms with E-state index in [1.165, 1.54) is 0 Å². The summed E-state index contributed by atoms with van der Waals surface area (Å²) in [5.74, 6) is 0. The molecule has 0 aliphatic heterocycles. The third-order valence-electron chi connectivity index (χ3n) is 0.627. The van der Waals surface area contributed by atoms with E-state index in [0.717, 1.165) is 0 Å². The van der Waals surface area contributed by atoms with Gasteiger partial charge in [-0.15, -0.1) is 0 Å². The van der Waals surface area contributed by atoms with E-state index in [-0.39, 0.29) is 0 Å². The number of hydrogen-bond donors (Lipinski definition) is 2. The molecule has 0 atom stereocenters. The van der Waals surface area contributed by atoms with Crippen LogP contribution >= 0.6 is 31.9 Å². The van der Waals surface area contributed by atoms with Gasteiger partial charge in [0.15, 0.2) is 0 Å². The Kier molecular flexibility index (Phi) is 5.35. The van der Waals surface area contributed by atoms with Crippen molar-refractivity contribution < 1.29 is 9.79 Å². The van der Waals surface area contributed by atoms with Crippen molar-refractivity contribution in [3.8, 4) is 0 Å². The second kappa shape index (κ2) is 4.52. The molecule has 0 aromatic heterocycles. The van der Waals surface area contributed by atoms with Crippen molar-refractivity contribution in [2.45, 2.75) is 16.8 Å². The molecule has 0 bridgehead atoms. The summed E-state index contributed by atoms with van der Waals surface area (Å²) >= 11 is 2.93. The molecule has 0 heterocycles. The van der Waals surface area contributed by atoms with Crippen molar-refractivity contribution in [1.29, 1.82) is 0 Å². The monoisotopic (exact) mass is 370 g/mol. The van der Waals surface area contributed by atoms with Gasteiger partial charge >= 0.3 is 79.9 Å². The van der Waals surface area contributed by atoms with E-state index < -0.39 is 24.9 Å². The Morgan fingerprint density at radius 3 is 2.11 bits per heavy atom. The molecule has 0 spiro atoms. The van der Waals surface area contributed by atoms with Gasteiger partial charge in [0, 0.05) is 0 Å². The van der Waals surface area contributed by atoms with Gasteiger partial charge < -0.3 is 0 Å². The summed E-state index contributed by atoms with van der Waals surface area (Å²) < 4.78 is 20.9. The molecular weight excluding hydrogens is 366 g/mol. The maximum absolute atomic E-state index is 8.48. The van der Waals surface area contributed by atoms with E-state index in [0.29, 0.717) is 6.42 Å². The minimum absolute atomic E-state index is 0.634. The van der Waals surface area contributed by atoms with Crippen molar-refractivity contribution in [1.82, 2.24) is 0 Å². The fourth-order valence-electron chi connectivity index (χ4n) is 0.184. The Balaban J connectivity index is 3.58. The normalized spacial score (nSPS) is 12.7. The van der Waals surface area contributed by atoms with E-state index in [2.05, 4.69) is 31.9 Å². The first kappa shape index (κ1) is 10.7. The molecule has 0 saturated heterocycles. The molecular formula is C3H7Br2O3Sb. The van der Waals surface area contributed by atoms with Crippen molar-refractivity contribution in [2.24, 2.45) is 0 Å². The van der Waals surface area contributed by atoms with E-state index in [1.54, 1.807) is 0 Å². The van der Waals surface area contributed by atoms with Crippen LogP contribution in [0.4, 0.5) is 0 Å². The van der Waals surface area contributed by atoms with Crippen LogP contribution in [0.1, 0.15) is 13.3 Å². The molecule has 9 heavy (non-hydrogen) atoms. The Bertz CT molecular complexity index is 87.1.